The van der Waals surface area contributed by atoms with Crippen LogP contribution in [0.2, 0.25) is 0 Å². The molecule has 2 heterocycles. The summed E-state index contributed by atoms with van der Waals surface area (Å²) in [7, 11) is 0. The number of nitrogens with zero attached hydrogens (tertiary/aromatic N) is 2. The fraction of sp³-hybridized carbons (Fsp3) is 0.133. The number of amides is 1. The number of rotatable bonds is 3. The van der Waals surface area contributed by atoms with E-state index in [1.54, 1.807) is 12.1 Å². The van der Waals surface area contributed by atoms with Gasteiger partial charge in [0.05, 0.1) is 6.26 Å². The second kappa shape index (κ2) is 5.24. The van der Waals surface area contributed by atoms with E-state index in [1.165, 1.54) is 6.26 Å². The van der Waals surface area contributed by atoms with E-state index in [-0.39, 0.29) is 11.6 Å². The summed E-state index contributed by atoms with van der Waals surface area (Å²) in [6.45, 7) is 3.94. The molecule has 0 saturated carbocycles. The van der Waals surface area contributed by atoms with Crippen LogP contribution < -0.4 is 5.32 Å². The summed E-state index contributed by atoms with van der Waals surface area (Å²) in [6, 6.07) is 9.17. The summed E-state index contributed by atoms with van der Waals surface area (Å²) >= 11 is 0. The molecule has 0 aliphatic rings. The fourth-order valence-corrected chi connectivity index (χ4v) is 2.02. The van der Waals surface area contributed by atoms with E-state index in [1.807, 2.05) is 32.0 Å². The van der Waals surface area contributed by atoms with Crippen LogP contribution in [0.25, 0.3) is 11.3 Å². The monoisotopic (exact) mass is 283 g/mol. The van der Waals surface area contributed by atoms with Crippen molar-refractivity contribution in [3.05, 3.63) is 53.5 Å². The maximum Gasteiger partial charge on any atom is 0.292 e. The zero-order chi connectivity index (χ0) is 14.8. The number of carbonyl (C=O) groups is 1. The lowest BCUT2D eigenvalue weighted by Crippen LogP contribution is -2.12. The van der Waals surface area contributed by atoms with Crippen molar-refractivity contribution in [3.63, 3.8) is 0 Å². The molecule has 0 unspecified atom stereocenters. The lowest BCUT2D eigenvalue weighted by atomic mass is 10.0. The van der Waals surface area contributed by atoms with Crippen LogP contribution in [-0.2, 0) is 0 Å². The maximum absolute atomic E-state index is 12.0. The summed E-state index contributed by atoms with van der Waals surface area (Å²) in [5.41, 5.74) is 3.47. The lowest BCUT2D eigenvalue weighted by Gasteiger charge is -2.05. The number of nitrogens with one attached hydrogen (secondary N) is 1. The average Bonchev–Trinajstić information content (AvgIpc) is 3.12. The maximum atomic E-state index is 12.0. The van der Waals surface area contributed by atoms with Crippen LogP contribution in [0, 0.1) is 13.8 Å². The van der Waals surface area contributed by atoms with Crippen LogP contribution >= 0.6 is 0 Å². The molecule has 1 aromatic carbocycles. The van der Waals surface area contributed by atoms with Crippen molar-refractivity contribution in [1.29, 1.82) is 0 Å². The predicted molar refractivity (Wildman–Crippen MR) is 75.9 cm³/mol. The minimum atomic E-state index is -0.401. The average molecular weight is 283 g/mol. The number of aryl methyl sites for hydroxylation is 2. The smallest absolute Gasteiger partial charge is 0.292 e. The third kappa shape index (κ3) is 2.55. The Hall–Kier alpha value is -2.89. The summed E-state index contributed by atoms with van der Waals surface area (Å²) in [6.07, 6.45) is 1.43. The van der Waals surface area contributed by atoms with Crippen LogP contribution in [-0.4, -0.2) is 16.2 Å². The SMILES string of the molecule is Cc1ccc(C)c(-c2nonc2NC(=O)c2ccco2)c1. The molecular weight excluding hydrogens is 270 g/mol. The second-order valence-electron chi connectivity index (χ2n) is 4.71. The largest absolute Gasteiger partial charge is 0.459 e. The Labute approximate surface area is 120 Å². The van der Waals surface area contributed by atoms with Gasteiger partial charge in [-0.1, -0.05) is 17.7 Å². The van der Waals surface area contributed by atoms with Crippen molar-refractivity contribution in [3.8, 4) is 11.3 Å². The molecule has 3 aromatic rings. The Kier molecular flexibility index (Phi) is 3.27. The zero-order valence-electron chi connectivity index (χ0n) is 11.6. The molecule has 6 heteroatoms. The molecule has 0 fully saturated rings. The van der Waals surface area contributed by atoms with Gasteiger partial charge in [0.1, 0.15) is 0 Å². The highest BCUT2D eigenvalue weighted by molar-refractivity contribution is 6.03. The van der Waals surface area contributed by atoms with Crippen molar-refractivity contribution in [2.75, 3.05) is 5.32 Å². The van der Waals surface area contributed by atoms with Crippen molar-refractivity contribution in [2.24, 2.45) is 0 Å². The van der Waals surface area contributed by atoms with Crippen molar-refractivity contribution in [1.82, 2.24) is 10.3 Å². The third-order valence-electron chi connectivity index (χ3n) is 3.11. The first-order valence-corrected chi connectivity index (χ1v) is 6.40. The molecule has 0 bridgehead atoms. The first-order chi connectivity index (χ1) is 10.1. The van der Waals surface area contributed by atoms with Gasteiger partial charge < -0.3 is 4.42 Å². The summed E-state index contributed by atoms with van der Waals surface area (Å²) < 4.78 is 9.81. The number of aromatic nitrogens is 2. The van der Waals surface area contributed by atoms with Gasteiger partial charge in [-0.25, -0.2) is 4.63 Å². The first-order valence-electron chi connectivity index (χ1n) is 6.40. The van der Waals surface area contributed by atoms with Crippen LogP contribution in [0.1, 0.15) is 21.7 Å². The van der Waals surface area contributed by atoms with E-state index >= 15 is 0 Å². The molecule has 2 aromatic heterocycles. The summed E-state index contributed by atoms with van der Waals surface area (Å²) in [4.78, 5) is 12.0. The topological polar surface area (TPSA) is 81.2 Å². The van der Waals surface area contributed by atoms with E-state index < -0.39 is 5.91 Å². The number of hydrogen-bond acceptors (Lipinski definition) is 5. The minimum Gasteiger partial charge on any atom is -0.459 e. The van der Waals surface area contributed by atoms with Gasteiger partial charge in [-0.05, 0) is 47.9 Å². The van der Waals surface area contributed by atoms with Gasteiger partial charge in [0.15, 0.2) is 11.5 Å². The summed E-state index contributed by atoms with van der Waals surface area (Å²) in [5, 5.41) is 10.3. The molecule has 0 aliphatic heterocycles. The Morgan fingerprint density at radius 2 is 2.05 bits per heavy atom. The zero-order valence-corrected chi connectivity index (χ0v) is 11.6. The molecule has 21 heavy (non-hydrogen) atoms. The highest BCUT2D eigenvalue weighted by Gasteiger charge is 2.18. The van der Waals surface area contributed by atoms with Gasteiger partial charge in [0, 0.05) is 5.56 Å². The minimum absolute atomic E-state index is 0.199. The van der Waals surface area contributed by atoms with Gasteiger partial charge >= 0.3 is 0 Å². The Balaban J connectivity index is 1.94. The number of benzene rings is 1. The molecule has 0 radical (unpaired) electrons. The highest BCUT2D eigenvalue weighted by Crippen LogP contribution is 2.28. The van der Waals surface area contributed by atoms with Crippen LogP contribution in [0.3, 0.4) is 0 Å². The van der Waals surface area contributed by atoms with E-state index in [2.05, 4.69) is 15.6 Å². The standard InChI is InChI=1S/C15H13N3O3/c1-9-5-6-10(2)11(8-9)13-14(18-21-17-13)16-15(19)12-4-3-7-20-12/h3-8H,1-2H3,(H,16,18,19). The first kappa shape index (κ1) is 13.1. The van der Waals surface area contributed by atoms with Gasteiger partial charge in [0.2, 0.25) is 5.82 Å². The lowest BCUT2D eigenvalue weighted by molar-refractivity contribution is 0.0995. The Morgan fingerprint density at radius 1 is 1.19 bits per heavy atom. The molecule has 1 N–H and O–H groups in total. The number of hydrogen-bond donors (Lipinski definition) is 1. The molecular formula is C15H13N3O3. The Morgan fingerprint density at radius 3 is 2.81 bits per heavy atom. The Bertz CT molecular complexity index is 775. The third-order valence-corrected chi connectivity index (χ3v) is 3.11. The molecule has 0 atom stereocenters. The van der Waals surface area contributed by atoms with Crippen LogP contribution in [0.5, 0.6) is 0 Å². The molecule has 0 spiro atoms. The van der Waals surface area contributed by atoms with Crippen molar-refractivity contribution >= 4 is 11.7 Å². The summed E-state index contributed by atoms with van der Waals surface area (Å²) in [5.74, 6) is 0.0669. The molecule has 1 amide bonds. The molecule has 0 saturated heterocycles. The van der Waals surface area contributed by atoms with Gasteiger partial charge in [-0.15, -0.1) is 0 Å². The molecule has 6 nitrogen and oxygen atoms in total. The fourth-order valence-electron chi connectivity index (χ4n) is 2.02. The number of anilines is 1. The van der Waals surface area contributed by atoms with Crippen LogP contribution in [0.15, 0.2) is 45.6 Å². The van der Waals surface area contributed by atoms with Crippen molar-refractivity contribution in [2.45, 2.75) is 13.8 Å². The molecule has 3 rings (SSSR count). The highest BCUT2D eigenvalue weighted by atomic mass is 16.6. The van der Waals surface area contributed by atoms with Crippen LogP contribution in [0.4, 0.5) is 5.82 Å². The normalized spacial score (nSPS) is 10.6. The molecule has 106 valence electrons. The van der Waals surface area contributed by atoms with E-state index in [0.29, 0.717) is 5.69 Å². The number of furan rings is 1. The number of carbonyl (C=O) groups excluding carboxylic acids is 1. The van der Waals surface area contributed by atoms with Gasteiger partial charge in [-0.2, -0.15) is 0 Å². The quantitative estimate of drug-likeness (QED) is 0.798. The predicted octanol–water partition coefficient (Wildman–Crippen LogP) is 3.20. The van der Waals surface area contributed by atoms with Gasteiger partial charge in [0.25, 0.3) is 5.91 Å². The second-order valence-corrected chi connectivity index (χ2v) is 4.71. The van der Waals surface area contributed by atoms with E-state index in [0.717, 1.165) is 16.7 Å². The molecule has 0 aliphatic carbocycles. The van der Waals surface area contributed by atoms with E-state index in [4.69, 9.17) is 9.05 Å². The van der Waals surface area contributed by atoms with Gasteiger partial charge in [-0.3, -0.25) is 10.1 Å². The van der Waals surface area contributed by atoms with Crippen molar-refractivity contribution < 1.29 is 13.8 Å². The van der Waals surface area contributed by atoms with E-state index in [9.17, 15) is 4.79 Å².